The molecule has 0 spiro atoms. The number of benzene rings is 1. The molecule has 0 bridgehead atoms. The number of likely N-dealkylation sites (tertiary alicyclic amines) is 1. The third-order valence-electron chi connectivity index (χ3n) is 7.06. The predicted molar refractivity (Wildman–Crippen MR) is 141 cm³/mol. The van der Waals surface area contributed by atoms with E-state index in [2.05, 4.69) is 30.5 Å². The van der Waals surface area contributed by atoms with Crippen molar-refractivity contribution in [3.05, 3.63) is 83.3 Å². The predicted octanol–water partition coefficient (Wildman–Crippen LogP) is 5.87. The molecule has 3 aromatic heterocycles. The molecule has 1 aliphatic heterocycles. The Bertz CT molecular complexity index is 1430. The lowest BCUT2D eigenvalue weighted by Gasteiger charge is -2.20. The second-order valence-corrected chi connectivity index (χ2v) is 9.65. The third-order valence-corrected chi connectivity index (χ3v) is 7.06. The fraction of sp³-hybridized carbons (Fsp3) is 0.321. The fourth-order valence-corrected chi connectivity index (χ4v) is 5.03. The van der Waals surface area contributed by atoms with E-state index < -0.39 is 17.6 Å². The van der Waals surface area contributed by atoms with E-state index in [1.807, 2.05) is 19.2 Å². The van der Waals surface area contributed by atoms with E-state index in [1.165, 1.54) is 6.07 Å². The molecule has 1 aromatic carbocycles. The van der Waals surface area contributed by atoms with Crippen LogP contribution in [0.5, 0.6) is 0 Å². The Morgan fingerprint density at radius 2 is 2.03 bits per heavy atom. The van der Waals surface area contributed by atoms with Crippen LogP contribution >= 0.6 is 0 Å². The lowest BCUT2D eigenvalue weighted by molar-refractivity contribution is -0.137. The van der Waals surface area contributed by atoms with Crippen LogP contribution < -0.4 is 10.6 Å². The van der Waals surface area contributed by atoms with E-state index in [1.54, 1.807) is 36.8 Å². The highest BCUT2D eigenvalue weighted by Gasteiger charge is 2.31. The van der Waals surface area contributed by atoms with Crippen molar-refractivity contribution < 1.29 is 18.0 Å². The Labute approximate surface area is 218 Å². The van der Waals surface area contributed by atoms with Gasteiger partial charge in [0.25, 0.3) is 5.91 Å². The molecular weight excluding hydrogens is 493 g/mol. The first-order valence-electron chi connectivity index (χ1n) is 12.6. The van der Waals surface area contributed by atoms with Crippen molar-refractivity contribution >= 4 is 28.4 Å². The van der Waals surface area contributed by atoms with Crippen molar-refractivity contribution in [1.82, 2.24) is 19.9 Å². The number of halogens is 3. The highest BCUT2D eigenvalue weighted by molar-refractivity contribution is 6.07. The lowest BCUT2D eigenvalue weighted by Crippen LogP contribution is -2.25. The first-order valence-corrected chi connectivity index (χ1v) is 12.6. The number of nitrogens with one attached hydrogen (secondary N) is 3. The molecule has 0 radical (unpaired) electrons. The van der Waals surface area contributed by atoms with Crippen LogP contribution in [0, 0.1) is 0 Å². The van der Waals surface area contributed by atoms with Gasteiger partial charge in [-0.05, 0) is 92.9 Å². The van der Waals surface area contributed by atoms with Gasteiger partial charge in [-0.3, -0.25) is 4.79 Å². The molecule has 7 nitrogen and oxygen atoms in total. The number of hydrogen-bond donors (Lipinski definition) is 3. The van der Waals surface area contributed by atoms with Crippen molar-refractivity contribution in [2.75, 3.05) is 24.2 Å². The van der Waals surface area contributed by atoms with Crippen molar-refractivity contribution in [1.29, 1.82) is 0 Å². The van der Waals surface area contributed by atoms with E-state index in [0.717, 1.165) is 48.5 Å². The zero-order chi connectivity index (χ0) is 26.7. The van der Waals surface area contributed by atoms with Crippen LogP contribution in [-0.4, -0.2) is 45.4 Å². The number of carbonyl (C=O) groups excluding carboxylic acids is 1. The summed E-state index contributed by atoms with van der Waals surface area (Å²) in [6, 6.07) is 11.1. The number of nitrogens with zero attached hydrogens (tertiary/aromatic N) is 3. The number of fused-ring (bicyclic) bond motifs is 1. The highest BCUT2D eigenvalue weighted by atomic mass is 19.4. The monoisotopic (exact) mass is 522 g/mol. The van der Waals surface area contributed by atoms with Crippen LogP contribution in [0.2, 0.25) is 0 Å². The summed E-state index contributed by atoms with van der Waals surface area (Å²) < 4.78 is 41.0. The molecule has 1 aliphatic rings. The number of aryl methyl sites for hydroxylation is 1. The average Bonchev–Trinajstić information content (AvgIpc) is 3.54. The van der Waals surface area contributed by atoms with Gasteiger partial charge in [-0.1, -0.05) is 0 Å². The van der Waals surface area contributed by atoms with Crippen LogP contribution in [0.25, 0.3) is 11.0 Å². The number of rotatable bonds is 8. The summed E-state index contributed by atoms with van der Waals surface area (Å²) in [5.74, 6) is -0.204. The maximum atomic E-state index is 13.7. The molecule has 10 heteroatoms. The quantitative estimate of drug-likeness (QED) is 0.270. The van der Waals surface area contributed by atoms with Crippen LogP contribution in [-0.2, 0) is 19.1 Å². The van der Waals surface area contributed by atoms with Crippen LogP contribution in [0.15, 0.2) is 61.1 Å². The summed E-state index contributed by atoms with van der Waals surface area (Å²) in [7, 11) is 2.05. The summed E-state index contributed by atoms with van der Waals surface area (Å²) in [5.41, 5.74) is 1.83. The molecule has 5 rings (SSSR count). The molecule has 0 aliphatic carbocycles. The summed E-state index contributed by atoms with van der Waals surface area (Å²) in [6.07, 6.45) is 3.95. The van der Waals surface area contributed by atoms with Crippen molar-refractivity contribution in [3.63, 3.8) is 0 Å². The summed E-state index contributed by atoms with van der Waals surface area (Å²) in [6.45, 7) is 1.39. The third kappa shape index (κ3) is 5.80. The van der Waals surface area contributed by atoms with Crippen LogP contribution in [0.1, 0.15) is 46.3 Å². The molecule has 0 saturated carbocycles. The van der Waals surface area contributed by atoms with E-state index in [0.29, 0.717) is 30.4 Å². The highest BCUT2D eigenvalue weighted by Crippen LogP contribution is 2.33. The Morgan fingerprint density at radius 1 is 1.16 bits per heavy atom. The van der Waals surface area contributed by atoms with Gasteiger partial charge in [-0.2, -0.15) is 13.2 Å². The molecule has 1 atom stereocenters. The second-order valence-electron chi connectivity index (χ2n) is 9.65. The Kier molecular flexibility index (Phi) is 7.33. The minimum absolute atomic E-state index is 0.109. The number of amides is 1. The molecule has 38 heavy (non-hydrogen) atoms. The first kappa shape index (κ1) is 25.7. The zero-order valence-electron chi connectivity index (χ0n) is 21.0. The first-order chi connectivity index (χ1) is 18.3. The maximum absolute atomic E-state index is 13.7. The van der Waals surface area contributed by atoms with Crippen molar-refractivity contribution in [3.8, 4) is 0 Å². The zero-order valence-corrected chi connectivity index (χ0v) is 21.0. The smallest absolute Gasteiger partial charge is 0.365 e. The van der Waals surface area contributed by atoms with Gasteiger partial charge in [0.2, 0.25) is 0 Å². The molecule has 0 unspecified atom stereocenters. The van der Waals surface area contributed by atoms with Gasteiger partial charge in [0.05, 0.1) is 11.1 Å². The topological polar surface area (TPSA) is 85.9 Å². The van der Waals surface area contributed by atoms with Gasteiger partial charge in [0.1, 0.15) is 11.5 Å². The number of hydrogen-bond acceptors (Lipinski definition) is 5. The summed E-state index contributed by atoms with van der Waals surface area (Å²) in [4.78, 5) is 27.1. The van der Waals surface area contributed by atoms with Crippen molar-refractivity contribution in [2.45, 2.75) is 44.4 Å². The maximum Gasteiger partial charge on any atom is 0.416 e. The van der Waals surface area contributed by atoms with Crippen LogP contribution in [0.4, 0.5) is 24.7 Å². The van der Waals surface area contributed by atoms with Gasteiger partial charge < -0.3 is 20.5 Å². The van der Waals surface area contributed by atoms with Gasteiger partial charge in [0, 0.05) is 42.3 Å². The van der Waals surface area contributed by atoms with Crippen molar-refractivity contribution in [2.24, 2.45) is 0 Å². The molecule has 1 amide bonds. The van der Waals surface area contributed by atoms with Gasteiger partial charge in [-0.15, -0.1) is 0 Å². The second kappa shape index (κ2) is 10.8. The summed E-state index contributed by atoms with van der Waals surface area (Å²) >= 11 is 0. The largest absolute Gasteiger partial charge is 0.416 e. The normalized spacial score (nSPS) is 16.2. The Balaban J connectivity index is 1.34. The fourth-order valence-electron chi connectivity index (χ4n) is 5.03. The SMILES string of the molecule is CN1CCC[C@H]1CCc1cc(NC(=O)c2cccnc2NCc2ccnc3[nH]ccc23)cc(C(F)(F)F)c1. The standard InChI is InChI=1S/C28H29F3N6O/c1-37-13-3-4-22(37)7-6-18-14-20(28(29,30)31)16-21(15-18)36-27(38)24-5-2-10-32-26(24)35-17-19-8-11-33-25-23(19)9-12-34-25/h2,5,8-12,14-16,22H,3-4,6-7,13,17H2,1H3,(H,32,35)(H,33,34)(H,36,38)/t22-/m0/s1. The Morgan fingerprint density at radius 3 is 2.82 bits per heavy atom. The van der Waals surface area contributed by atoms with E-state index in [-0.39, 0.29) is 11.3 Å². The van der Waals surface area contributed by atoms with E-state index in [9.17, 15) is 18.0 Å². The molecule has 1 fully saturated rings. The number of alkyl halides is 3. The molecule has 4 heterocycles. The number of aromatic nitrogens is 3. The van der Waals surface area contributed by atoms with Gasteiger partial charge in [0.15, 0.2) is 0 Å². The molecule has 3 N–H and O–H groups in total. The van der Waals surface area contributed by atoms with Gasteiger partial charge >= 0.3 is 6.18 Å². The summed E-state index contributed by atoms with van der Waals surface area (Å²) in [5, 5.41) is 6.80. The lowest BCUT2D eigenvalue weighted by atomic mass is 10.0. The molecule has 198 valence electrons. The number of anilines is 2. The minimum Gasteiger partial charge on any atom is -0.365 e. The number of H-pyrrole nitrogens is 1. The van der Waals surface area contributed by atoms with Gasteiger partial charge in [-0.25, -0.2) is 9.97 Å². The molecule has 4 aromatic rings. The Hall–Kier alpha value is -3.92. The molecular formula is C28H29F3N6O. The minimum atomic E-state index is -4.52. The molecule has 1 saturated heterocycles. The average molecular weight is 523 g/mol. The number of aromatic amines is 1. The van der Waals surface area contributed by atoms with E-state index in [4.69, 9.17) is 0 Å². The van der Waals surface area contributed by atoms with E-state index >= 15 is 0 Å². The number of pyridine rings is 2. The van der Waals surface area contributed by atoms with Crippen LogP contribution in [0.3, 0.4) is 0 Å². The number of carbonyl (C=O) groups is 1.